The fourth-order valence-electron chi connectivity index (χ4n) is 1.80. The summed E-state index contributed by atoms with van der Waals surface area (Å²) in [6.45, 7) is 4.77. The summed E-state index contributed by atoms with van der Waals surface area (Å²) in [7, 11) is 1.37. The van der Waals surface area contributed by atoms with E-state index in [4.69, 9.17) is 14.2 Å². The highest BCUT2D eigenvalue weighted by molar-refractivity contribution is 9.10. The van der Waals surface area contributed by atoms with Crippen molar-refractivity contribution in [1.82, 2.24) is 4.90 Å². The number of halogens is 1. The normalized spacial score (nSPS) is 16.3. The van der Waals surface area contributed by atoms with Crippen LogP contribution in [0.3, 0.4) is 0 Å². The van der Waals surface area contributed by atoms with Crippen molar-refractivity contribution in [3.63, 3.8) is 0 Å². The van der Waals surface area contributed by atoms with Crippen LogP contribution in [0, 0.1) is 0 Å². The van der Waals surface area contributed by atoms with E-state index in [1.165, 1.54) is 18.4 Å². The van der Waals surface area contributed by atoms with Crippen LogP contribution in [0.4, 0.5) is 0 Å². The summed E-state index contributed by atoms with van der Waals surface area (Å²) in [5.41, 5.74) is 0. The number of rotatable bonds is 5. The molecule has 0 bridgehead atoms. The number of carbonyl (C=O) groups excluding carboxylic acids is 1. The molecule has 2 rings (SSSR count). The third-order valence-electron chi connectivity index (χ3n) is 2.83. The molecule has 0 atom stereocenters. The van der Waals surface area contributed by atoms with Gasteiger partial charge in [0.15, 0.2) is 10.6 Å². The Bertz CT molecular complexity index is 431. The molecular formula is C12H16BrNO4S. The fraction of sp³-hybridized carbons (Fsp3) is 0.583. The smallest absolute Gasteiger partial charge is 0.351 e. The van der Waals surface area contributed by atoms with Crippen LogP contribution >= 0.6 is 27.3 Å². The number of methoxy groups -OCH3 is 1. The van der Waals surface area contributed by atoms with Gasteiger partial charge >= 0.3 is 5.97 Å². The van der Waals surface area contributed by atoms with Gasteiger partial charge in [-0.25, -0.2) is 4.79 Å². The Morgan fingerprint density at radius 2 is 2.26 bits per heavy atom. The lowest BCUT2D eigenvalue weighted by Crippen LogP contribution is -2.38. The first-order valence-electron chi connectivity index (χ1n) is 6.00. The maximum absolute atomic E-state index is 11.6. The molecule has 0 amide bonds. The minimum Gasteiger partial charge on any atom is -0.489 e. The van der Waals surface area contributed by atoms with E-state index in [-0.39, 0.29) is 5.97 Å². The van der Waals surface area contributed by atoms with Gasteiger partial charge in [-0.05, 0) is 15.9 Å². The van der Waals surface area contributed by atoms with E-state index in [1.807, 2.05) is 5.38 Å². The molecule has 1 fully saturated rings. The van der Waals surface area contributed by atoms with Gasteiger partial charge in [-0.15, -0.1) is 11.3 Å². The van der Waals surface area contributed by atoms with E-state index in [1.54, 1.807) is 0 Å². The highest BCUT2D eigenvalue weighted by atomic mass is 79.9. The number of esters is 1. The standard InChI is InChI=1S/C12H16BrNO4S/c1-16-12(15)11-10(9(13)8-19-11)18-7-4-14-2-5-17-6-3-14/h8H,2-7H2,1H3. The maximum Gasteiger partial charge on any atom is 0.351 e. The summed E-state index contributed by atoms with van der Waals surface area (Å²) in [5, 5.41) is 1.83. The zero-order valence-electron chi connectivity index (χ0n) is 10.7. The second-order valence-electron chi connectivity index (χ2n) is 4.04. The minimum absolute atomic E-state index is 0.364. The topological polar surface area (TPSA) is 48.0 Å². The average molecular weight is 350 g/mol. The first kappa shape index (κ1) is 14.8. The van der Waals surface area contributed by atoms with Gasteiger partial charge in [0, 0.05) is 25.0 Å². The van der Waals surface area contributed by atoms with E-state index >= 15 is 0 Å². The molecular weight excluding hydrogens is 334 g/mol. The van der Waals surface area contributed by atoms with Crippen LogP contribution in [-0.2, 0) is 9.47 Å². The molecule has 1 aromatic rings. The Morgan fingerprint density at radius 1 is 1.53 bits per heavy atom. The van der Waals surface area contributed by atoms with Crippen LogP contribution < -0.4 is 4.74 Å². The van der Waals surface area contributed by atoms with Crippen LogP contribution in [0.25, 0.3) is 0 Å². The van der Waals surface area contributed by atoms with E-state index in [0.29, 0.717) is 17.2 Å². The highest BCUT2D eigenvalue weighted by Crippen LogP contribution is 2.35. The van der Waals surface area contributed by atoms with Crippen molar-refractivity contribution in [3.05, 3.63) is 14.7 Å². The summed E-state index contributed by atoms with van der Waals surface area (Å²) in [6, 6.07) is 0. The summed E-state index contributed by atoms with van der Waals surface area (Å²) in [5.74, 6) is 0.210. The van der Waals surface area contributed by atoms with Crippen LogP contribution in [0.1, 0.15) is 9.67 Å². The number of hydrogen-bond donors (Lipinski definition) is 0. The van der Waals surface area contributed by atoms with Gasteiger partial charge in [0.2, 0.25) is 0 Å². The lowest BCUT2D eigenvalue weighted by atomic mass is 10.4. The molecule has 1 aliphatic heterocycles. The van der Waals surface area contributed by atoms with E-state index in [2.05, 4.69) is 20.8 Å². The lowest BCUT2D eigenvalue weighted by Gasteiger charge is -2.26. The van der Waals surface area contributed by atoms with Gasteiger partial charge in [0.1, 0.15) is 6.61 Å². The van der Waals surface area contributed by atoms with Crippen molar-refractivity contribution in [2.24, 2.45) is 0 Å². The molecule has 0 N–H and O–H groups in total. The number of carbonyl (C=O) groups is 1. The SMILES string of the molecule is COC(=O)c1scc(Br)c1OCCN1CCOCC1. The number of ether oxygens (including phenoxy) is 3. The number of nitrogens with zero attached hydrogens (tertiary/aromatic N) is 1. The maximum atomic E-state index is 11.6. The predicted octanol–water partition coefficient (Wildman–Crippen LogP) is 2.01. The summed E-state index contributed by atoms with van der Waals surface area (Å²) in [6.07, 6.45) is 0. The highest BCUT2D eigenvalue weighted by Gasteiger charge is 2.19. The third-order valence-corrected chi connectivity index (χ3v) is 4.67. The molecule has 2 heterocycles. The van der Waals surface area contributed by atoms with Crippen molar-refractivity contribution < 1.29 is 19.0 Å². The van der Waals surface area contributed by atoms with Crippen molar-refractivity contribution in [3.8, 4) is 5.75 Å². The van der Waals surface area contributed by atoms with E-state index in [9.17, 15) is 4.79 Å². The Labute approximate surface area is 124 Å². The molecule has 0 aromatic carbocycles. The Kier molecular flexibility index (Phi) is 5.62. The predicted molar refractivity (Wildman–Crippen MR) is 76.1 cm³/mol. The Hall–Kier alpha value is -0.630. The van der Waals surface area contributed by atoms with Crippen molar-refractivity contribution in [2.75, 3.05) is 46.6 Å². The van der Waals surface area contributed by atoms with Gasteiger partial charge in [0.25, 0.3) is 0 Å². The second kappa shape index (κ2) is 7.23. The molecule has 1 aliphatic rings. The fourth-order valence-corrected chi connectivity index (χ4v) is 3.30. The molecule has 106 valence electrons. The van der Waals surface area contributed by atoms with Gasteiger partial charge < -0.3 is 14.2 Å². The van der Waals surface area contributed by atoms with Gasteiger partial charge in [-0.2, -0.15) is 0 Å². The quantitative estimate of drug-likeness (QED) is 0.761. The zero-order valence-corrected chi connectivity index (χ0v) is 13.1. The van der Waals surface area contributed by atoms with Gasteiger partial charge in [-0.1, -0.05) is 0 Å². The molecule has 1 aromatic heterocycles. The molecule has 0 spiro atoms. The second-order valence-corrected chi connectivity index (χ2v) is 5.77. The van der Waals surface area contributed by atoms with Crippen LogP contribution in [0.5, 0.6) is 5.75 Å². The third kappa shape index (κ3) is 3.92. The largest absolute Gasteiger partial charge is 0.489 e. The molecule has 1 saturated heterocycles. The van der Waals surface area contributed by atoms with Crippen molar-refractivity contribution >= 4 is 33.2 Å². The van der Waals surface area contributed by atoms with Gasteiger partial charge in [0.05, 0.1) is 24.8 Å². The molecule has 0 aliphatic carbocycles. The number of morpholine rings is 1. The summed E-state index contributed by atoms with van der Waals surface area (Å²) >= 11 is 4.70. The van der Waals surface area contributed by atoms with E-state index in [0.717, 1.165) is 37.3 Å². The molecule has 7 heteroatoms. The summed E-state index contributed by atoms with van der Waals surface area (Å²) < 4.78 is 16.5. The first-order valence-corrected chi connectivity index (χ1v) is 7.68. The summed E-state index contributed by atoms with van der Waals surface area (Å²) in [4.78, 5) is 14.3. The van der Waals surface area contributed by atoms with Crippen molar-refractivity contribution in [2.45, 2.75) is 0 Å². The molecule has 5 nitrogen and oxygen atoms in total. The molecule has 19 heavy (non-hydrogen) atoms. The lowest BCUT2D eigenvalue weighted by molar-refractivity contribution is 0.0321. The molecule has 0 radical (unpaired) electrons. The average Bonchev–Trinajstić information content (AvgIpc) is 2.81. The first-order chi connectivity index (χ1) is 9.22. The number of thiophene rings is 1. The monoisotopic (exact) mass is 349 g/mol. The zero-order chi connectivity index (χ0) is 13.7. The molecule has 0 unspecified atom stereocenters. The number of hydrogen-bond acceptors (Lipinski definition) is 6. The Balaban J connectivity index is 1.88. The van der Waals surface area contributed by atoms with Crippen LogP contribution in [0.15, 0.2) is 9.85 Å². The Morgan fingerprint density at radius 3 is 2.95 bits per heavy atom. The minimum atomic E-state index is -0.364. The molecule has 0 saturated carbocycles. The van der Waals surface area contributed by atoms with Crippen LogP contribution in [-0.4, -0.2) is 57.4 Å². The van der Waals surface area contributed by atoms with E-state index < -0.39 is 0 Å². The van der Waals surface area contributed by atoms with Crippen molar-refractivity contribution in [1.29, 1.82) is 0 Å². The van der Waals surface area contributed by atoms with Gasteiger partial charge in [-0.3, -0.25) is 4.90 Å². The van der Waals surface area contributed by atoms with Crippen LogP contribution in [0.2, 0.25) is 0 Å².